The number of hydrogen-bond acceptors (Lipinski definition) is 3. The lowest BCUT2D eigenvalue weighted by Gasteiger charge is -2.26. The molecule has 88 valence electrons. The van der Waals surface area contributed by atoms with Gasteiger partial charge in [-0.2, -0.15) is 0 Å². The summed E-state index contributed by atoms with van der Waals surface area (Å²) in [5, 5.41) is 6.44. The first-order valence-corrected chi connectivity index (χ1v) is 5.61. The minimum absolute atomic E-state index is 0.863. The highest BCUT2D eigenvalue weighted by Gasteiger charge is 2.09. The van der Waals surface area contributed by atoms with Gasteiger partial charge >= 0.3 is 0 Å². The van der Waals surface area contributed by atoms with Crippen molar-refractivity contribution < 1.29 is 4.74 Å². The number of guanidine groups is 1. The van der Waals surface area contributed by atoms with E-state index in [1.807, 2.05) is 0 Å². The van der Waals surface area contributed by atoms with Crippen LogP contribution in [-0.2, 0) is 4.74 Å². The molecule has 0 aromatic heterocycles. The number of morpholine rings is 1. The van der Waals surface area contributed by atoms with Crippen LogP contribution in [0.5, 0.6) is 0 Å². The molecule has 2 N–H and O–H groups in total. The average Bonchev–Trinajstić information content (AvgIpc) is 2.29. The molecular formula is C10H22N4O. The highest BCUT2D eigenvalue weighted by Crippen LogP contribution is 1.94. The van der Waals surface area contributed by atoms with Crippen molar-refractivity contribution in [2.75, 3.05) is 53.0 Å². The Morgan fingerprint density at radius 3 is 2.67 bits per heavy atom. The molecule has 1 rings (SSSR count). The monoisotopic (exact) mass is 214 g/mol. The van der Waals surface area contributed by atoms with Gasteiger partial charge < -0.3 is 15.4 Å². The third-order valence-electron chi connectivity index (χ3n) is 2.39. The molecule has 0 aromatic carbocycles. The molecule has 0 bridgehead atoms. The number of aliphatic imine (C=N–C) groups is 1. The number of nitrogens with zero attached hydrogens (tertiary/aromatic N) is 2. The summed E-state index contributed by atoms with van der Waals surface area (Å²) < 4.78 is 5.29. The van der Waals surface area contributed by atoms with Crippen LogP contribution in [-0.4, -0.2) is 63.8 Å². The van der Waals surface area contributed by atoms with E-state index in [-0.39, 0.29) is 0 Å². The Hall–Kier alpha value is -0.810. The van der Waals surface area contributed by atoms with Crippen LogP contribution >= 0.6 is 0 Å². The zero-order valence-corrected chi connectivity index (χ0v) is 9.75. The number of rotatable bonds is 4. The summed E-state index contributed by atoms with van der Waals surface area (Å²) in [6, 6.07) is 0. The molecule has 0 radical (unpaired) electrons. The Kier molecular flexibility index (Phi) is 6.11. The van der Waals surface area contributed by atoms with Crippen molar-refractivity contribution in [3.05, 3.63) is 0 Å². The van der Waals surface area contributed by atoms with Gasteiger partial charge in [-0.1, -0.05) is 0 Å². The zero-order chi connectivity index (χ0) is 10.9. The van der Waals surface area contributed by atoms with Gasteiger partial charge in [-0.25, -0.2) is 0 Å². The van der Waals surface area contributed by atoms with E-state index in [0.29, 0.717) is 0 Å². The second-order valence-electron chi connectivity index (χ2n) is 3.48. The normalized spacial score (nSPS) is 18.9. The second-order valence-corrected chi connectivity index (χ2v) is 3.48. The first-order valence-electron chi connectivity index (χ1n) is 5.61. The molecular weight excluding hydrogens is 192 g/mol. The first-order chi connectivity index (χ1) is 7.36. The van der Waals surface area contributed by atoms with Gasteiger partial charge in [0.05, 0.1) is 13.2 Å². The number of hydrogen-bond donors (Lipinski definition) is 2. The molecule has 15 heavy (non-hydrogen) atoms. The standard InChI is InChI=1S/C10H22N4O/c1-3-12-10(11-2)13-4-5-14-6-8-15-9-7-14/h3-9H2,1-2H3,(H2,11,12,13). The lowest BCUT2D eigenvalue weighted by Crippen LogP contribution is -2.44. The SMILES string of the molecule is CCNC(=NC)NCCN1CCOCC1. The summed E-state index contributed by atoms with van der Waals surface area (Å²) in [7, 11) is 1.79. The van der Waals surface area contributed by atoms with Gasteiger partial charge in [0.1, 0.15) is 0 Å². The predicted octanol–water partition coefficient (Wildman–Crippen LogP) is -0.496. The molecule has 1 heterocycles. The van der Waals surface area contributed by atoms with Gasteiger partial charge in [0.2, 0.25) is 0 Å². The van der Waals surface area contributed by atoms with Crippen LogP contribution in [0.2, 0.25) is 0 Å². The lowest BCUT2D eigenvalue weighted by atomic mass is 10.4. The van der Waals surface area contributed by atoms with Gasteiger partial charge in [-0.05, 0) is 6.92 Å². The van der Waals surface area contributed by atoms with Gasteiger partial charge in [0, 0.05) is 39.8 Å². The molecule has 5 heteroatoms. The fourth-order valence-electron chi connectivity index (χ4n) is 1.55. The summed E-state index contributed by atoms with van der Waals surface area (Å²) in [4.78, 5) is 6.51. The van der Waals surface area contributed by atoms with Crippen LogP contribution in [0.3, 0.4) is 0 Å². The van der Waals surface area contributed by atoms with E-state index < -0.39 is 0 Å². The molecule has 0 aliphatic carbocycles. The van der Waals surface area contributed by atoms with Crippen LogP contribution < -0.4 is 10.6 Å². The van der Waals surface area contributed by atoms with Crippen LogP contribution in [0.15, 0.2) is 4.99 Å². The Balaban J connectivity index is 2.08. The Morgan fingerprint density at radius 2 is 2.07 bits per heavy atom. The van der Waals surface area contributed by atoms with Gasteiger partial charge in [-0.15, -0.1) is 0 Å². The third-order valence-corrected chi connectivity index (χ3v) is 2.39. The van der Waals surface area contributed by atoms with Crippen LogP contribution in [0.1, 0.15) is 6.92 Å². The average molecular weight is 214 g/mol. The van der Waals surface area contributed by atoms with E-state index in [9.17, 15) is 0 Å². The van der Waals surface area contributed by atoms with Crippen LogP contribution in [0.25, 0.3) is 0 Å². The van der Waals surface area contributed by atoms with Crippen molar-refractivity contribution in [2.45, 2.75) is 6.92 Å². The zero-order valence-electron chi connectivity index (χ0n) is 9.75. The first kappa shape index (κ1) is 12.3. The van der Waals surface area contributed by atoms with Crippen molar-refractivity contribution in [1.29, 1.82) is 0 Å². The molecule has 1 saturated heterocycles. The minimum atomic E-state index is 0.863. The fourth-order valence-corrected chi connectivity index (χ4v) is 1.55. The summed E-state index contributed by atoms with van der Waals surface area (Å²) in [6.07, 6.45) is 0. The van der Waals surface area contributed by atoms with Crippen molar-refractivity contribution in [1.82, 2.24) is 15.5 Å². The van der Waals surface area contributed by atoms with Gasteiger partial charge in [-0.3, -0.25) is 9.89 Å². The Labute approximate surface area is 91.9 Å². The molecule has 0 aromatic rings. The van der Waals surface area contributed by atoms with Crippen LogP contribution in [0, 0.1) is 0 Å². The molecule has 1 fully saturated rings. The largest absolute Gasteiger partial charge is 0.379 e. The maximum absolute atomic E-state index is 5.29. The van der Waals surface area contributed by atoms with E-state index in [1.54, 1.807) is 7.05 Å². The van der Waals surface area contributed by atoms with E-state index in [1.165, 1.54) is 0 Å². The Bertz CT molecular complexity index is 190. The second kappa shape index (κ2) is 7.48. The Morgan fingerprint density at radius 1 is 1.33 bits per heavy atom. The number of nitrogens with one attached hydrogen (secondary N) is 2. The van der Waals surface area contributed by atoms with Crippen molar-refractivity contribution in [2.24, 2.45) is 4.99 Å². The summed E-state index contributed by atoms with van der Waals surface area (Å²) in [5.74, 6) is 0.880. The van der Waals surface area contributed by atoms with E-state index >= 15 is 0 Å². The summed E-state index contributed by atoms with van der Waals surface area (Å²) in [5.41, 5.74) is 0. The van der Waals surface area contributed by atoms with Crippen molar-refractivity contribution in [3.8, 4) is 0 Å². The smallest absolute Gasteiger partial charge is 0.191 e. The topological polar surface area (TPSA) is 48.9 Å². The maximum Gasteiger partial charge on any atom is 0.191 e. The molecule has 0 saturated carbocycles. The molecule has 5 nitrogen and oxygen atoms in total. The fraction of sp³-hybridized carbons (Fsp3) is 0.900. The molecule has 1 aliphatic rings. The van der Waals surface area contributed by atoms with Gasteiger partial charge in [0.25, 0.3) is 0 Å². The lowest BCUT2D eigenvalue weighted by molar-refractivity contribution is 0.0389. The van der Waals surface area contributed by atoms with E-state index in [0.717, 1.165) is 51.9 Å². The summed E-state index contributed by atoms with van der Waals surface area (Å²) in [6.45, 7) is 8.76. The maximum atomic E-state index is 5.29. The highest BCUT2D eigenvalue weighted by molar-refractivity contribution is 5.79. The van der Waals surface area contributed by atoms with E-state index in [4.69, 9.17) is 4.74 Å². The minimum Gasteiger partial charge on any atom is -0.379 e. The number of ether oxygens (including phenoxy) is 1. The summed E-state index contributed by atoms with van der Waals surface area (Å²) >= 11 is 0. The predicted molar refractivity (Wildman–Crippen MR) is 62.3 cm³/mol. The molecule has 0 atom stereocenters. The molecule has 0 spiro atoms. The molecule has 1 aliphatic heterocycles. The van der Waals surface area contributed by atoms with Crippen LogP contribution in [0.4, 0.5) is 0 Å². The van der Waals surface area contributed by atoms with Crippen molar-refractivity contribution >= 4 is 5.96 Å². The molecule has 0 amide bonds. The quantitative estimate of drug-likeness (QED) is 0.489. The van der Waals surface area contributed by atoms with Gasteiger partial charge in [0.15, 0.2) is 5.96 Å². The third kappa shape index (κ3) is 4.99. The van der Waals surface area contributed by atoms with E-state index in [2.05, 4.69) is 27.4 Å². The van der Waals surface area contributed by atoms with Crippen molar-refractivity contribution in [3.63, 3.8) is 0 Å². The highest BCUT2D eigenvalue weighted by atomic mass is 16.5. The molecule has 0 unspecified atom stereocenters.